The largest absolute Gasteiger partial charge is 0.464 e. The summed E-state index contributed by atoms with van der Waals surface area (Å²) in [4.78, 5) is 11.8. The van der Waals surface area contributed by atoms with Gasteiger partial charge in [-0.1, -0.05) is 6.92 Å². The molecule has 6 nitrogen and oxygen atoms in total. The van der Waals surface area contributed by atoms with Gasteiger partial charge >= 0.3 is 5.97 Å². The molecule has 1 fully saturated rings. The van der Waals surface area contributed by atoms with Gasteiger partial charge < -0.3 is 23.7 Å². The molecule has 0 aromatic carbocycles. The van der Waals surface area contributed by atoms with Crippen LogP contribution < -0.4 is 0 Å². The van der Waals surface area contributed by atoms with Gasteiger partial charge in [0.25, 0.3) is 0 Å². The SMILES string of the molecule is CCOC(=O)C(C)(F)C(C)[C@H]1COC(C)(OC)C(C)(OC)O1. The van der Waals surface area contributed by atoms with E-state index < -0.39 is 35.2 Å². The molecule has 1 saturated heterocycles. The summed E-state index contributed by atoms with van der Waals surface area (Å²) < 4.78 is 41.9. The van der Waals surface area contributed by atoms with Crippen molar-refractivity contribution in [2.75, 3.05) is 27.4 Å². The third-order valence-corrected chi connectivity index (χ3v) is 4.59. The molecule has 0 radical (unpaired) electrons. The van der Waals surface area contributed by atoms with E-state index in [1.54, 1.807) is 27.7 Å². The lowest BCUT2D eigenvalue weighted by Crippen LogP contribution is -2.64. The minimum Gasteiger partial charge on any atom is -0.464 e. The van der Waals surface area contributed by atoms with E-state index in [1.807, 2.05) is 0 Å². The number of esters is 1. The molecule has 0 aromatic rings. The summed E-state index contributed by atoms with van der Waals surface area (Å²) in [5.41, 5.74) is -2.19. The fraction of sp³-hybridized carbons (Fsp3) is 0.933. The van der Waals surface area contributed by atoms with Crippen LogP contribution in [-0.2, 0) is 28.5 Å². The molecule has 1 aliphatic heterocycles. The zero-order valence-electron chi connectivity index (χ0n) is 14.4. The number of methoxy groups -OCH3 is 2. The van der Waals surface area contributed by atoms with Crippen molar-refractivity contribution in [3.63, 3.8) is 0 Å². The topological polar surface area (TPSA) is 63.2 Å². The maximum absolute atomic E-state index is 14.8. The number of hydrogen-bond acceptors (Lipinski definition) is 6. The van der Waals surface area contributed by atoms with E-state index in [2.05, 4.69) is 0 Å². The van der Waals surface area contributed by atoms with E-state index in [0.717, 1.165) is 0 Å². The second-order valence-electron chi connectivity index (χ2n) is 5.85. The van der Waals surface area contributed by atoms with Crippen molar-refractivity contribution in [1.82, 2.24) is 0 Å². The predicted molar refractivity (Wildman–Crippen MR) is 77.0 cm³/mol. The Morgan fingerprint density at radius 2 is 1.91 bits per heavy atom. The molecule has 1 aliphatic rings. The van der Waals surface area contributed by atoms with Crippen molar-refractivity contribution in [3.05, 3.63) is 0 Å². The standard InChI is InChI=1S/C15H27FO6/c1-8-20-12(17)13(3,16)10(2)11-9-21-14(4,18-6)15(5,19-7)22-11/h10-11H,8-9H2,1-7H3/t10?,11-,13?,14?,15?/m1/s1. The molecule has 7 heteroatoms. The molecule has 130 valence electrons. The second-order valence-corrected chi connectivity index (χ2v) is 5.85. The molecule has 0 aliphatic carbocycles. The highest BCUT2D eigenvalue weighted by molar-refractivity contribution is 5.79. The zero-order valence-corrected chi connectivity index (χ0v) is 14.4. The number of hydrogen-bond donors (Lipinski definition) is 0. The normalized spacial score (nSPS) is 36.5. The average Bonchev–Trinajstić information content (AvgIpc) is 2.49. The Hall–Kier alpha value is -0.760. The van der Waals surface area contributed by atoms with Gasteiger partial charge in [0.15, 0.2) is 0 Å². The summed E-state index contributed by atoms with van der Waals surface area (Å²) in [6, 6.07) is 0. The van der Waals surface area contributed by atoms with Crippen molar-refractivity contribution in [1.29, 1.82) is 0 Å². The van der Waals surface area contributed by atoms with Gasteiger partial charge in [-0.3, -0.25) is 0 Å². The Labute approximate surface area is 131 Å². The van der Waals surface area contributed by atoms with Crippen molar-refractivity contribution >= 4 is 5.97 Å². The molecule has 22 heavy (non-hydrogen) atoms. The first kappa shape index (κ1) is 19.3. The van der Waals surface area contributed by atoms with E-state index in [0.29, 0.717) is 0 Å². The summed E-state index contributed by atoms with van der Waals surface area (Å²) in [6.45, 7) is 7.91. The van der Waals surface area contributed by atoms with E-state index in [9.17, 15) is 9.18 Å². The van der Waals surface area contributed by atoms with Crippen LogP contribution in [0.2, 0.25) is 0 Å². The van der Waals surface area contributed by atoms with Crippen LogP contribution in [0.1, 0.15) is 34.6 Å². The van der Waals surface area contributed by atoms with Gasteiger partial charge in [0, 0.05) is 20.1 Å². The molecule has 0 amide bonds. The van der Waals surface area contributed by atoms with Gasteiger partial charge in [-0.2, -0.15) is 0 Å². The first-order valence-corrected chi connectivity index (χ1v) is 7.36. The third kappa shape index (κ3) is 3.27. The van der Waals surface area contributed by atoms with Crippen LogP contribution in [0.3, 0.4) is 0 Å². The summed E-state index contributed by atoms with van der Waals surface area (Å²) in [5.74, 6) is -4.06. The summed E-state index contributed by atoms with van der Waals surface area (Å²) in [6.07, 6.45) is -0.687. The van der Waals surface area contributed by atoms with Crippen molar-refractivity contribution in [3.8, 4) is 0 Å². The molecule has 0 bridgehead atoms. The molecule has 1 rings (SSSR count). The van der Waals surface area contributed by atoms with Gasteiger partial charge in [0.2, 0.25) is 17.2 Å². The van der Waals surface area contributed by atoms with Gasteiger partial charge in [0.05, 0.1) is 19.3 Å². The molecule has 1 heterocycles. The van der Waals surface area contributed by atoms with Crippen LogP contribution in [0.25, 0.3) is 0 Å². The van der Waals surface area contributed by atoms with Crippen molar-refractivity contribution in [2.24, 2.45) is 5.92 Å². The van der Waals surface area contributed by atoms with Gasteiger partial charge in [-0.25, -0.2) is 9.18 Å². The van der Waals surface area contributed by atoms with E-state index in [1.165, 1.54) is 21.1 Å². The molecule has 5 atom stereocenters. The van der Waals surface area contributed by atoms with Crippen LogP contribution in [0, 0.1) is 5.92 Å². The maximum atomic E-state index is 14.8. The molecule has 0 spiro atoms. The predicted octanol–water partition coefficient (Wildman–Crippen LogP) is 2.05. The lowest BCUT2D eigenvalue weighted by molar-refractivity contribution is -0.436. The fourth-order valence-electron chi connectivity index (χ4n) is 2.33. The zero-order chi connectivity index (χ0) is 17.2. The lowest BCUT2D eigenvalue weighted by Gasteiger charge is -2.50. The smallest absolute Gasteiger partial charge is 0.343 e. The Morgan fingerprint density at radius 3 is 2.36 bits per heavy atom. The summed E-state index contributed by atoms with van der Waals surface area (Å²) >= 11 is 0. The van der Waals surface area contributed by atoms with Crippen molar-refractivity contribution < 1.29 is 32.9 Å². The number of carbonyl (C=O) groups is 1. The fourth-order valence-corrected chi connectivity index (χ4v) is 2.33. The Morgan fingerprint density at radius 1 is 1.36 bits per heavy atom. The number of halogens is 1. The summed E-state index contributed by atoms with van der Waals surface area (Å²) in [7, 11) is 2.93. The third-order valence-electron chi connectivity index (χ3n) is 4.59. The number of carbonyl (C=O) groups excluding carboxylic acids is 1. The molecule has 0 N–H and O–H groups in total. The van der Waals surface area contributed by atoms with Crippen LogP contribution in [0.4, 0.5) is 4.39 Å². The molecular weight excluding hydrogens is 295 g/mol. The van der Waals surface area contributed by atoms with Crippen LogP contribution in [0.15, 0.2) is 0 Å². The number of ether oxygens (including phenoxy) is 5. The quantitative estimate of drug-likeness (QED) is 0.698. The Balaban J connectivity index is 2.93. The van der Waals surface area contributed by atoms with E-state index >= 15 is 0 Å². The molecule has 4 unspecified atom stereocenters. The van der Waals surface area contributed by atoms with E-state index in [-0.39, 0.29) is 13.2 Å². The molecular formula is C15H27FO6. The molecule has 0 aromatic heterocycles. The van der Waals surface area contributed by atoms with E-state index in [4.69, 9.17) is 23.7 Å². The first-order valence-electron chi connectivity index (χ1n) is 7.36. The van der Waals surface area contributed by atoms with Crippen molar-refractivity contribution in [2.45, 2.75) is 58.0 Å². The monoisotopic (exact) mass is 322 g/mol. The minimum atomic E-state index is -2.19. The number of alkyl halides is 1. The first-order chi connectivity index (χ1) is 10.1. The Bertz CT molecular complexity index is 401. The lowest BCUT2D eigenvalue weighted by atomic mass is 9.87. The minimum absolute atomic E-state index is 0.0728. The van der Waals surface area contributed by atoms with Gasteiger partial charge in [-0.15, -0.1) is 0 Å². The van der Waals surface area contributed by atoms with Crippen LogP contribution in [0.5, 0.6) is 0 Å². The Kier molecular flexibility index (Phi) is 5.94. The van der Waals surface area contributed by atoms with Gasteiger partial charge in [0.1, 0.15) is 0 Å². The highest BCUT2D eigenvalue weighted by Crippen LogP contribution is 2.40. The second kappa shape index (κ2) is 6.78. The average molecular weight is 322 g/mol. The number of rotatable bonds is 6. The maximum Gasteiger partial charge on any atom is 0.343 e. The summed E-state index contributed by atoms with van der Waals surface area (Å²) in [5, 5.41) is 0. The molecule has 0 saturated carbocycles. The highest BCUT2D eigenvalue weighted by Gasteiger charge is 2.57. The van der Waals surface area contributed by atoms with Crippen LogP contribution in [-0.4, -0.2) is 56.7 Å². The van der Waals surface area contributed by atoms with Crippen LogP contribution >= 0.6 is 0 Å². The van der Waals surface area contributed by atoms with Gasteiger partial charge in [-0.05, 0) is 27.7 Å². The highest BCUT2D eigenvalue weighted by atomic mass is 19.1.